The number of para-hydroxylation sites is 2. The van der Waals surface area contributed by atoms with Gasteiger partial charge in [0.05, 0.1) is 11.4 Å². The van der Waals surface area contributed by atoms with E-state index in [0.717, 1.165) is 26.1 Å². The Bertz CT molecular complexity index is 705. The molecule has 0 saturated carbocycles. The van der Waals surface area contributed by atoms with Crippen LogP contribution >= 0.6 is 11.8 Å². The number of hydrogen-bond donors (Lipinski definition) is 0. The Morgan fingerprint density at radius 2 is 1.68 bits per heavy atom. The average Bonchev–Trinajstić information content (AvgIpc) is 3.01. The molecule has 132 valence electrons. The van der Waals surface area contributed by atoms with E-state index >= 15 is 0 Å². The molecule has 2 aliphatic rings. The topological polar surface area (TPSA) is 15.7 Å². The highest BCUT2D eigenvalue weighted by atomic mass is 32.2. The minimum atomic E-state index is 0.285. The predicted molar refractivity (Wildman–Crippen MR) is 105 cm³/mol. The van der Waals surface area contributed by atoms with E-state index in [0.29, 0.717) is 0 Å². The van der Waals surface area contributed by atoms with E-state index in [-0.39, 0.29) is 5.41 Å². The van der Waals surface area contributed by atoms with Crippen molar-refractivity contribution >= 4 is 23.1 Å². The summed E-state index contributed by atoms with van der Waals surface area (Å²) in [6, 6.07) is 17.6. The highest BCUT2D eigenvalue weighted by Gasteiger charge is 2.39. The van der Waals surface area contributed by atoms with Gasteiger partial charge in [-0.15, -0.1) is 0 Å². The number of nitrogens with zero attached hydrogens (tertiary/aromatic N) is 2. The van der Waals surface area contributed by atoms with Gasteiger partial charge in [0, 0.05) is 42.0 Å². The van der Waals surface area contributed by atoms with Gasteiger partial charge < -0.3 is 14.5 Å². The third kappa shape index (κ3) is 3.31. The zero-order valence-corrected chi connectivity index (χ0v) is 15.9. The Morgan fingerprint density at radius 3 is 2.24 bits per heavy atom. The maximum absolute atomic E-state index is 5.45. The first kappa shape index (κ1) is 17.0. The lowest BCUT2D eigenvalue weighted by atomic mass is 9.82. The summed E-state index contributed by atoms with van der Waals surface area (Å²) < 4.78 is 5.45. The van der Waals surface area contributed by atoms with Crippen LogP contribution in [0.2, 0.25) is 0 Å². The van der Waals surface area contributed by atoms with Crippen LogP contribution in [0.1, 0.15) is 12.8 Å². The lowest BCUT2D eigenvalue weighted by Gasteiger charge is -2.40. The van der Waals surface area contributed by atoms with Crippen molar-refractivity contribution in [3.8, 4) is 0 Å². The molecule has 25 heavy (non-hydrogen) atoms. The molecule has 3 nitrogen and oxygen atoms in total. The van der Waals surface area contributed by atoms with Crippen molar-refractivity contribution in [1.29, 1.82) is 0 Å². The summed E-state index contributed by atoms with van der Waals surface area (Å²) in [5, 5.41) is 0. The second kappa shape index (κ2) is 7.02. The number of rotatable bonds is 5. The molecule has 2 aliphatic heterocycles. The molecule has 0 radical (unpaired) electrons. The predicted octanol–water partition coefficient (Wildman–Crippen LogP) is 4.65. The van der Waals surface area contributed by atoms with Gasteiger partial charge in [0.15, 0.2) is 0 Å². The van der Waals surface area contributed by atoms with E-state index < -0.39 is 0 Å². The molecule has 2 aromatic rings. The maximum Gasteiger partial charge on any atom is 0.0553 e. The van der Waals surface area contributed by atoms with E-state index in [4.69, 9.17) is 4.74 Å². The van der Waals surface area contributed by atoms with Crippen LogP contribution < -0.4 is 4.90 Å². The molecule has 1 saturated heterocycles. The number of fused-ring (bicyclic) bond motifs is 2. The summed E-state index contributed by atoms with van der Waals surface area (Å²) in [7, 11) is 4.05. The van der Waals surface area contributed by atoms with Crippen LogP contribution in [-0.2, 0) is 4.74 Å². The number of ether oxygens (including phenoxy) is 1. The number of hydrogen-bond acceptors (Lipinski definition) is 4. The van der Waals surface area contributed by atoms with Gasteiger partial charge in [0.2, 0.25) is 0 Å². The highest BCUT2D eigenvalue weighted by molar-refractivity contribution is 7.99. The minimum absolute atomic E-state index is 0.285. The number of likely N-dealkylation sites (tertiary alicyclic amines) is 1. The quantitative estimate of drug-likeness (QED) is 0.776. The normalized spacial score (nSPS) is 22.7. The highest BCUT2D eigenvalue weighted by Crippen LogP contribution is 2.50. The molecule has 1 atom stereocenters. The van der Waals surface area contributed by atoms with E-state index in [1.807, 2.05) is 18.9 Å². The maximum atomic E-state index is 5.45. The Kier molecular flexibility index (Phi) is 4.76. The molecule has 0 bridgehead atoms. The molecule has 0 amide bonds. The van der Waals surface area contributed by atoms with Crippen LogP contribution in [0.4, 0.5) is 11.4 Å². The first-order chi connectivity index (χ1) is 12.2. The minimum Gasteiger partial charge on any atom is -0.385 e. The van der Waals surface area contributed by atoms with Crippen molar-refractivity contribution in [2.45, 2.75) is 22.6 Å². The monoisotopic (exact) mass is 354 g/mol. The van der Waals surface area contributed by atoms with Crippen molar-refractivity contribution in [2.24, 2.45) is 5.41 Å². The van der Waals surface area contributed by atoms with E-state index in [1.165, 1.54) is 34.1 Å². The fourth-order valence-electron chi connectivity index (χ4n) is 4.18. The largest absolute Gasteiger partial charge is 0.385 e. The second-order valence-corrected chi connectivity index (χ2v) is 8.44. The third-order valence-electron chi connectivity index (χ3n) is 5.49. The first-order valence-electron chi connectivity index (χ1n) is 9.02. The summed E-state index contributed by atoms with van der Waals surface area (Å²) in [4.78, 5) is 7.73. The summed E-state index contributed by atoms with van der Waals surface area (Å²) in [6.07, 6.45) is 2.35. The number of methoxy groups -OCH3 is 1. The van der Waals surface area contributed by atoms with Crippen molar-refractivity contribution in [2.75, 3.05) is 45.3 Å². The van der Waals surface area contributed by atoms with Crippen molar-refractivity contribution in [3.63, 3.8) is 0 Å². The zero-order valence-electron chi connectivity index (χ0n) is 15.1. The lowest BCUT2D eigenvalue weighted by Crippen LogP contribution is -2.39. The van der Waals surface area contributed by atoms with Crippen LogP contribution in [0, 0.1) is 5.41 Å². The molecule has 0 spiro atoms. The molecule has 1 unspecified atom stereocenters. The van der Waals surface area contributed by atoms with Gasteiger partial charge in [-0.25, -0.2) is 0 Å². The van der Waals surface area contributed by atoms with Crippen LogP contribution in [0.3, 0.4) is 0 Å². The summed E-state index contributed by atoms with van der Waals surface area (Å²) in [5.41, 5.74) is 2.97. The first-order valence-corrected chi connectivity index (χ1v) is 9.83. The van der Waals surface area contributed by atoms with Gasteiger partial charge in [-0.1, -0.05) is 36.0 Å². The van der Waals surface area contributed by atoms with E-state index in [9.17, 15) is 0 Å². The molecule has 2 heterocycles. The smallest absolute Gasteiger partial charge is 0.0553 e. The Labute approximate surface area is 155 Å². The fraction of sp³-hybridized carbons (Fsp3) is 0.429. The molecule has 2 aromatic carbocycles. The van der Waals surface area contributed by atoms with Gasteiger partial charge >= 0.3 is 0 Å². The summed E-state index contributed by atoms with van der Waals surface area (Å²) in [5.74, 6) is 0. The van der Waals surface area contributed by atoms with E-state index in [1.54, 1.807) is 0 Å². The molecule has 0 N–H and O–H groups in total. The number of benzene rings is 2. The zero-order chi connectivity index (χ0) is 17.3. The molecular formula is C21H26N2OS. The second-order valence-electron chi connectivity index (χ2n) is 7.35. The van der Waals surface area contributed by atoms with Gasteiger partial charge in [-0.05, 0) is 50.7 Å². The van der Waals surface area contributed by atoms with Gasteiger partial charge in [0.1, 0.15) is 0 Å². The molecule has 0 aliphatic carbocycles. The molecule has 4 rings (SSSR count). The fourth-order valence-corrected chi connectivity index (χ4v) is 5.27. The van der Waals surface area contributed by atoms with Gasteiger partial charge in [0.25, 0.3) is 0 Å². The molecule has 1 fully saturated rings. The van der Waals surface area contributed by atoms with Crippen LogP contribution in [0.15, 0.2) is 58.3 Å². The van der Waals surface area contributed by atoms with Crippen LogP contribution in [-0.4, -0.2) is 45.3 Å². The molecule has 4 heteroatoms. The van der Waals surface area contributed by atoms with Crippen LogP contribution in [0.25, 0.3) is 0 Å². The molecule has 0 aromatic heterocycles. The molecular weight excluding hydrogens is 328 g/mol. The van der Waals surface area contributed by atoms with Crippen molar-refractivity contribution < 1.29 is 4.74 Å². The third-order valence-corrected chi connectivity index (χ3v) is 6.62. The Morgan fingerprint density at radius 1 is 1.04 bits per heavy atom. The average molecular weight is 355 g/mol. The van der Waals surface area contributed by atoms with Crippen molar-refractivity contribution in [1.82, 2.24) is 4.90 Å². The van der Waals surface area contributed by atoms with Crippen molar-refractivity contribution in [3.05, 3.63) is 48.5 Å². The standard InChI is InChI=1S/C21H26N2OS/c1-22-13-11-21(15-22,12-14-24-2)16-23-17-7-3-5-9-19(17)25-20-10-6-4-8-18(20)23/h3-10H,11-16H2,1-2H3. The van der Waals surface area contributed by atoms with Crippen LogP contribution in [0.5, 0.6) is 0 Å². The van der Waals surface area contributed by atoms with Gasteiger partial charge in [-0.3, -0.25) is 0 Å². The number of anilines is 2. The lowest BCUT2D eigenvalue weighted by molar-refractivity contribution is 0.141. The summed E-state index contributed by atoms with van der Waals surface area (Å²) in [6.45, 7) is 4.20. The summed E-state index contributed by atoms with van der Waals surface area (Å²) >= 11 is 1.88. The van der Waals surface area contributed by atoms with Gasteiger partial charge in [-0.2, -0.15) is 0 Å². The Balaban J connectivity index is 1.71. The Hall–Kier alpha value is -1.49. The SMILES string of the molecule is COCCC1(CN2c3ccccc3Sc3ccccc32)CCN(C)C1. The van der Waals surface area contributed by atoms with E-state index in [2.05, 4.69) is 65.4 Å².